The molecule has 1 saturated heterocycles. The van der Waals surface area contributed by atoms with E-state index in [0.29, 0.717) is 25.9 Å². The zero-order valence-corrected chi connectivity index (χ0v) is 32.1. The normalized spacial score (nSPS) is 23.6. The number of carbonyl (C=O) groups is 2. The molecule has 2 rings (SSSR count). The first-order valence-corrected chi connectivity index (χ1v) is 21.7. The number of alkyl halides is 2. The fourth-order valence-corrected chi connectivity index (χ4v) is 7.54. The average Bonchev–Trinajstić information content (AvgIpc) is 3.27. The third-order valence-electron chi connectivity index (χ3n) is 10.2. The van der Waals surface area contributed by atoms with Crippen LogP contribution in [0.5, 0.6) is 0 Å². The molecule has 2 fully saturated rings. The van der Waals surface area contributed by atoms with Gasteiger partial charge in [0.15, 0.2) is 14.6 Å². The summed E-state index contributed by atoms with van der Waals surface area (Å²) < 4.78 is 55.7. The summed E-state index contributed by atoms with van der Waals surface area (Å²) in [5, 5.41) is -0.218. The standard InChI is InChI=1S/C38H68F2O6Si/c1-9-10-11-19-26-38(39,40)34(46-47(7,8)37(4,5)6)25-24-31-30(32(41)28-33(31)45-36-23-18-20-27-43-36)21-16-14-12-13-15-17-22-35(42)44-29(2)3/h24-25,29-31,33-34,36H,9-23,26-28H2,1-8H3/t30?,31-,33-,34?,36?/m1/s1. The molecule has 0 N–H and O–H groups in total. The minimum absolute atomic E-state index is 0.0812. The van der Waals surface area contributed by atoms with Crippen LogP contribution in [0.2, 0.25) is 18.1 Å². The number of rotatable bonds is 22. The molecule has 9 heteroatoms. The number of esters is 1. The molecular formula is C38H68F2O6Si. The summed E-state index contributed by atoms with van der Waals surface area (Å²) in [4.78, 5) is 25.2. The van der Waals surface area contributed by atoms with Crippen LogP contribution < -0.4 is 0 Å². The van der Waals surface area contributed by atoms with Crippen molar-refractivity contribution in [3.05, 3.63) is 12.2 Å². The zero-order chi connectivity index (χ0) is 35.1. The zero-order valence-electron chi connectivity index (χ0n) is 31.1. The number of hydrogen-bond donors (Lipinski definition) is 0. The minimum Gasteiger partial charge on any atom is -0.463 e. The molecule has 1 aliphatic heterocycles. The highest BCUT2D eigenvalue weighted by atomic mass is 28.4. The van der Waals surface area contributed by atoms with Crippen molar-refractivity contribution in [2.45, 2.75) is 199 Å². The van der Waals surface area contributed by atoms with Gasteiger partial charge in [-0.2, -0.15) is 0 Å². The molecule has 6 nitrogen and oxygen atoms in total. The number of unbranched alkanes of at least 4 members (excludes halogenated alkanes) is 8. The van der Waals surface area contributed by atoms with Crippen LogP contribution in [-0.2, 0) is 28.2 Å². The van der Waals surface area contributed by atoms with Crippen LogP contribution in [0.4, 0.5) is 8.78 Å². The molecule has 0 amide bonds. The van der Waals surface area contributed by atoms with Crippen molar-refractivity contribution in [1.29, 1.82) is 0 Å². The second-order valence-corrected chi connectivity index (χ2v) is 20.5. The van der Waals surface area contributed by atoms with E-state index in [-0.39, 0.29) is 60.0 Å². The van der Waals surface area contributed by atoms with E-state index >= 15 is 8.78 Å². The van der Waals surface area contributed by atoms with E-state index in [1.807, 2.05) is 33.0 Å². The maximum absolute atomic E-state index is 15.9. The summed E-state index contributed by atoms with van der Waals surface area (Å²) in [6.45, 7) is 16.7. The Morgan fingerprint density at radius 1 is 1.00 bits per heavy atom. The van der Waals surface area contributed by atoms with Crippen molar-refractivity contribution >= 4 is 20.1 Å². The van der Waals surface area contributed by atoms with Gasteiger partial charge in [-0.25, -0.2) is 8.78 Å². The maximum atomic E-state index is 15.9. The summed E-state index contributed by atoms with van der Waals surface area (Å²) in [5.41, 5.74) is 0. The summed E-state index contributed by atoms with van der Waals surface area (Å²) in [6.07, 6.45) is 14.2. The predicted octanol–water partition coefficient (Wildman–Crippen LogP) is 10.7. The summed E-state index contributed by atoms with van der Waals surface area (Å²) in [5.74, 6) is -3.55. The number of ether oxygens (including phenoxy) is 3. The van der Waals surface area contributed by atoms with Crippen LogP contribution in [-0.4, -0.2) is 57.2 Å². The topological polar surface area (TPSA) is 71.1 Å². The molecule has 3 unspecified atom stereocenters. The van der Waals surface area contributed by atoms with Crippen LogP contribution in [0.1, 0.15) is 151 Å². The van der Waals surface area contributed by atoms with Gasteiger partial charge in [-0.3, -0.25) is 9.59 Å². The number of carbonyl (C=O) groups excluding carboxylic acids is 2. The Bertz CT molecular complexity index is 941. The molecule has 0 radical (unpaired) electrons. The van der Waals surface area contributed by atoms with Gasteiger partial charge in [0.1, 0.15) is 11.9 Å². The number of ketones is 1. The summed E-state index contributed by atoms with van der Waals surface area (Å²) in [6, 6.07) is 0. The maximum Gasteiger partial charge on any atom is 0.306 e. The van der Waals surface area contributed by atoms with Gasteiger partial charge in [0.25, 0.3) is 5.92 Å². The smallest absolute Gasteiger partial charge is 0.306 e. The molecule has 0 bridgehead atoms. The minimum atomic E-state index is -3.01. The largest absolute Gasteiger partial charge is 0.463 e. The third kappa shape index (κ3) is 15.1. The van der Waals surface area contributed by atoms with Crippen molar-refractivity contribution in [2.75, 3.05) is 6.61 Å². The molecule has 0 aromatic heterocycles. The van der Waals surface area contributed by atoms with Gasteiger partial charge in [-0.15, -0.1) is 0 Å². The van der Waals surface area contributed by atoms with E-state index in [2.05, 4.69) is 27.7 Å². The molecule has 0 aromatic carbocycles. The van der Waals surface area contributed by atoms with E-state index in [9.17, 15) is 9.59 Å². The molecule has 2 aliphatic rings. The van der Waals surface area contributed by atoms with Gasteiger partial charge in [0.2, 0.25) is 0 Å². The van der Waals surface area contributed by atoms with Gasteiger partial charge in [-0.05, 0) is 70.5 Å². The summed E-state index contributed by atoms with van der Waals surface area (Å²) in [7, 11) is -2.52. The monoisotopic (exact) mass is 686 g/mol. The number of hydrogen-bond acceptors (Lipinski definition) is 6. The second kappa shape index (κ2) is 20.5. The molecule has 47 heavy (non-hydrogen) atoms. The van der Waals surface area contributed by atoms with Crippen LogP contribution in [0.15, 0.2) is 12.2 Å². The van der Waals surface area contributed by atoms with Crippen molar-refractivity contribution in [2.24, 2.45) is 11.8 Å². The molecule has 1 saturated carbocycles. The first-order chi connectivity index (χ1) is 22.1. The van der Waals surface area contributed by atoms with Crippen LogP contribution in [0.25, 0.3) is 0 Å². The lowest BCUT2D eigenvalue weighted by atomic mass is 9.88. The lowest BCUT2D eigenvalue weighted by Gasteiger charge is -2.40. The van der Waals surface area contributed by atoms with Crippen molar-refractivity contribution in [3.8, 4) is 0 Å². The van der Waals surface area contributed by atoms with Crippen LogP contribution in [0, 0.1) is 11.8 Å². The third-order valence-corrected chi connectivity index (χ3v) is 14.7. The van der Waals surface area contributed by atoms with Gasteiger partial charge in [0, 0.05) is 37.7 Å². The second-order valence-electron chi connectivity index (χ2n) is 15.8. The average molecular weight is 687 g/mol. The molecule has 0 spiro atoms. The molecular weight excluding hydrogens is 618 g/mol. The Morgan fingerprint density at radius 3 is 2.28 bits per heavy atom. The van der Waals surface area contributed by atoms with Crippen molar-refractivity contribution in [3.63, 3.8) is 0 Å². The number of Topliss-reactive ketones (excluding diaryl/α,β-unsaturated/α-hetero) is 1. The van der Waals surface area contributed by atoms with Crippen LogP contribution in [0.3, 0.4) is 0 Å². The van der Waals surface area contributed by atoms with E-state index in [1.165, 1.54) is 0 Å². The summed E-state index contributed by atoms with van der Waals surface area (Å²) >= 11 is 0. The Morgan fingerprint density at radius 2 is 1.66 bits per heavy atom. The Kier molecular flexibility index (Phi) is 18.3. The van der Waals surface area contributed by atoms with Gasteiger partial charge in [0.05, 0.1) is 12.2 Å². The highest BCUT2D eigenvalue weighted by Crippen LogP contribution is 2.42. The molecule has 274 valence electrons. The van der Waals surface area contributed by atoms with Crippen LogP contribution >= 0.6 is 0 Å². The molecule has 1 heterocycles. The Balaban J connectivity index is 2.14. The predicted molar refractivity (Wildman–Crippen MR) is 188 cm³/mol. The SMILES string of the molecule is CCCCCCC(F)(F)C(C=C[C@@H]1C(CCCCCCCCC(=O)OC(C)C)C(=O)C[C@H]1OC1CCCCO1)O[Si](C)(C)C(C)(C)C. The van der Waals surface area contributed by atoms with Crippen molar-refractivity contribution in [1.82, 2.24) is 0 Å². The lowest BCUT2D eigenvalue weighted by molar-refractivity contribution is -0.192. The highest BCUT2D eigenvalue weighted by Gasteiger charge is 2.47. The van der Waals surface area contributed by atoms with E-state index < -0.39 is 20.3 Å². The molecule has 0 aromatic rings. The molecule has 1 aliphatic carbocycles. The van der Waals surface area contributed by atoms with Gasteiger partial charge in [-0.1, -0.05) is 91.2 Å². The Labute approximate surface area is 286 Å². The van der Waals surface area contributed by atoms with E-state index in [0.717, 1.165) is 77.0 Å². The van der Waals surface area contributed by atoms with E-state index in [4.69, 9.17) is 18.6 Å². The number of halogens is 2. The van der Waals surface area contributed by atoms with Gasteiger partial charge < -0.3 is 18.6 Å². The quantitative estimate of drug-likeness (QED) is 0.0489. The van der Waals surface area contributed by atoms with E-state index in [1.54, 1.807) is 6.08 Å². The highest BCUT2D eigenvalue weighted by molar-refractivity contribution is 6.74. The fraction of sp³-hybridized carbons (Fsp3) is 0.895. The first kappa shape index (κ1) is 42.0. The Hall–Kier alpha value is -1.16. The van der Waals surface area contributed by atoms with Gasteiger partial charge >= 0.3 is 5.97 Å². The first-order valence-electron chi connectivity index (χ1n) is 18.8. The molecule has 5 atom stereocenters. The fourth-order valence-electron chi connectivity index (χ4n) is 6.31. The lowest BCUT2D eigenvalue weighted by Crippen LogP contribution is -2.48. The van der Waals surface area contributed by atoms with Crippen molar-refractivity contribution < 1.29 is 37.0 Å².